The van der Waals surface area contributed by atoms with E-state index in [1.165, 1.54) is 0 Å². The molecule has 8 heteroatoms. The molecule has 3 N–H and O–H groups in total. The number of hydrogen-bond acceptors (Lipinski definition) is 7. The second kappa shape index (κ2) is 8.16. The minimum absolute atomic E-state index is 0.217. The number of carbonyl (C=O) groups is 1. The van der Waals surface area contributed by atoms with Gasteiger partial charge in [-0.05, 0) is 19.8 Å². The van der Waals surface area contributed by atoms with Crippen molar-refractivity contribution in [3.8, 4) is 0 Å². The van der Waals surface area contributed by atoms with E-state index >= 15 is 0 Å². The first-order valence-electron chi connectivity index (χ1n) is 9.04. The predicted octanol–water partition coefficient (Wildman–Crippen LogP) is 1.12. The number of hydrogen-bond donors (Lipinski definition) is 3. The fourth-order valence-electron chi connectivity index (χ4n) is 3.88. The van der Waals surface area contributed by atoms with Crippen molar-refractivity contribution in [2.24, 2.45) is 0 Å². The molecule has 2 atom stereocenters. The third-order valence-electron chi connectivity index (χ3n) is 5.41. The Hall–Kier alpha value is -2.29. The summed E-state index contributed by atoms with van der Waals surface area (Å²) in [5.41, 5.74) is 0.624. The summed E-state index contributed by atoms with van der Waals surface area (Å²) in [6.45, 7) is 3.57. The Morgan fingerprint density at radius 1 is 1.15 bits per heavy atom. The molecule has 1 aromatic heterocycles. The lowest BCUT2D eigenvalue weighted by Crippen LogP contribution is -2.54. The molecule has 8 nitrogen and oxygen atoms in total. The topological polar surface area (TPSA) is 116 Å². The number of benzene rings is 1. The van der Waals surface area contributed by atoms with Crippen molar-refractivity contribution in [3.63, 3.8) is 0 Å². The second-order valence-electron chi connectivity index (χ2n) is 7.08. The summed E-state index contributed by atoms with van der Waals surface area (Å²) in [5.74, 6) is 0.919. The number of aryl methyl sites for hydroxylation is 1. The number of aliphatic hydroxyl groups excluding tert-OH is 2. The van der Waals surface area contributed by atoms with Crippen LogP contribution in [0.3, 0.4) is 0 Å². The lowest BCUT2D eigenvalue weighted by molar-refractivity contribution is -0.178. The Morgan fingerprint density at radius 3 is 2.41 bits per heavy atom. The summed E-state index contributed by atoms with van der Waals surface area (Å²) >= 11 is 0. The van der Waals surface area contributed by atoms with Gasteiger partial charge in [-0.1, -0.05) is 24.3 Å². The molecule has 2 aliphatic rings. The van der Waals surface area contributed by atoms with E-state index in [1.54, 1.807) is 0 Å². The molecule has 0 aliphatic carbocycles. The van der Waals surface area contributed by atoms with E-state index in [0.29, 0.717) is 6.42 Å². The number of anilines is 1. The molecule has 4 rings (SSSR count). The van der Waals surface area contributed by atoms with Crippen molar-refractivity contribution < 1.29 is 24.9 Å². The maximum atomic E-state index is 9.98. The summed E-state index contributed by atoms with van der Waals surface area (Å²) < 4.78 is 5.91. The first-order valence-corrected chi connectivity index (χ1v) is 9.04. The molecule has 2 saturated heterocycles. The van der Waals surface area contributed by atoms with Gasteiger partial charge in [0.1, 0.15) is 6.10 Å². The molecular weight excluding hydrogens is 350 g/mol. The van der Waals surface area contributed by atoms with Crippen LogP contribution in [-0.2, 0) is 9.53 Å². The lowest BCUT2D eigenvalue weighted by Gasteiger charge is -2.46. The zero-order chi connectivity index (χ0) is 19.4. The molecule has 2 fully saturated rings. The number of aromatic nitrogens is 2. The monoisotopic (exact) mass is 375 g/mol. The van der Waals surface area contributed by atoms with E-state index in [9.17, 15) is 10.2 Å². The average molecular weight is 375 g/mol. The average Bonchev–Trinajstić information content (AvgIpc) is 2.67. The van der Waals surface area contributed by atoms with Gasteiger partial charge in [-0.3, -0.25) is 4.79 Å². The van der Waals surface area contributed by atoms with Crippen LogP contribution in [0.4, 0.5) is 5.82 Å². The van der Waals surface area contributed by atoms with Gasteiger partial charge < -0.3 is 25.0 Å². The first-order chi connectivity index (χ1) is 13.0. The molecule has 1 spiro atoms. The molecule has 27 heavy (non-hydrogen) atoms. The van der Waals surface area contributed by atoms with Crippen molar-refractivity contribution >= 4 is 23.1 Å². The smallest absolute Gasteiger partial charge is 0.290 e. The Morgan fingerprint density at radius 2 is 1.78 bits per heavy atom. The maximum absolute atomic E-state index is 9.98. The molecule has 2 aliphatic heterocycles. The summed E-state index contributed by atoms with van der Waals surface area (Å²) in [7, 11) is 0. The number of aliphatic hydroxyl groups is 2. The molecule has 0 amide bonds. The Bertz CT molecular complexity index is 792. The normalized spacial score (nSPS) is 24.3. The van der Waals surface area contributed by atoms with Gasteiger partial charge in [0.2, 0.25) is 0 Å². The van der Waals surface area contributed by atoms with Gasteiger partial charge in [-0.2, -0.15) is 5.10 Å². The Labute approximate surface area is 157 Å². The van der Waals surface area contributed by atoms with Crippen molar-refractivity contribution in [2.75, 3.05) is 24.6 Å². The molecular formula is C19H25N3O5. The molecule has 0 saturated carbocycles. The van der Waals surface area contributed by atoms with Gasteiger partial charge >= 0.3 is 0 Å². The minimum Gasteiger partial charge on any atom is -0.483 e. The molecule has 3 heterocycles. The van der Waals surface area contributed by atoms with Crippen molar-refractivity contribution in [3.05, 3.63) is 30.0 Å². The highest BCUT2D eigenvalue weighted by Gasteiger charge is 2.43. The SMILES string of the molecule is Cc1nnc(N2CCC3(CC2)C[C@@H](O)[C@@H](O)CO3)c2ccccc12.O=CO. The van der Waals surface area contributed by atoms with Crippen molar-refractivity contribution in [1.82, 2.24) is 10.2 Å². The fourth-order valence-corrected chi connectivity index (χ4v) is 3.88. The Kier molecular flexibility index (Phi) is 5.88. The second-order valence-corrected chi connectivity index (χ2v) is 7.08. The largest absolute Gasteiger partial charge is 0.483 e. The van der Waals surface area contributed by atoms with Crippen LogP contribution in [0.15, 0.2) is 24.3 Å². The van der Waals surface area contributed by atoms with Gasteiger partial charge in [-0.25, -0.2) is 0 Å². The number of nitrogens with zero attached hydrogens (tertiary/aromatic N) is 3. The number of piperidine rings is 1. The van der Waals surface area contributed by atoms with E-state index in [1.807, 2.05) is 19.1 Å². The third-order valence-corrected chi connectivity index (χ3v) is 5.41. The number of rotatable bonds is 1. The van der Waals surface area contributed by atoms with Gasteiger partial charge in [0, 0.05) is 30.3 Å². The third kappa shape index (κ3) is 4.02. The standard InChI is InChI=1S/C18H23N3O3.CH2O2/c1-12-13-4-2-3-5-14(13)17(20-19-12)21-8-6-18(7-9-21)10-15(22)16(23)11-24-18;2-1-3/h2-5,15-16,22-23H,6-11H2,1H3;1H,(H,2,3)/t15-,16+;/m1./s1. The first kappa shape index (κ1) is 19.5. The van der Waals surface area contributed by atoms with Crippen LogP contribution in [0, 0.1) is 6.92 Å². The van der Waals surface area contributed by atoms with Crippen LogP contribution < -0.4 is 4.90 Å². The molecule has 0 radical (unpaired) electrons. The van der Waals surface area contributed by atoms with Crippen LogP contribution in [0.5, 0.6) is 0 Å². The van der Waals surface area contributed by atoms with Gasteiger partial charge in [-0.15, -0.1) is 5.10 Å². The molecule has 0 bridgehead atoms. The summed E-state index contributed by atoms with van der Waals surface area (Å²) in [4.78, 5) is 10.6. The van der Waals surface area contributed by atoms with Crippen LogP contribution >= 0.6 is 0 Å². The molecule has 146 valence electrons. The van der Waals surface area contributed by atoms with E-state index < -0.39 is 12.2 Å². The maximum Gasteiger partial charge on any atom is 0.290 e. The summed E-state index contributed by atoms with van der Waals surface area (Å²) in [6, 6.07) is 8.22. The zero-order valence-corrected chi connectivity index (χ0v) is 15.3. The number of fused-ring (bicyclic) bond motifs is 1. The van der Waals surface area contributed by atoms with Crippen molar-refractivity contribution in [2.45, 2.75) is 44.0 Å². The minimum atomic E-state index is -0.763. The van der Waals surface area contributed by atoms with Gasteiger partial charge in [0.25, 0.3) is 6.47 Å². The molecule has 1 aromatic carbocycles. The number of ether oxygens (including phenoxy) is 1. The van der Waals surface area contributed by atoms with Gasteiger partial charge in [0.15, 0.2) is 5.82 Å². The van der Waals surface area contributed by atoms with Gasteiger partial charge in [0.05, 0.1) is 24.0 Å². The highest BCUT2D eigenvalue weighted by Crippen LogP contribution is 2.37. The quantitative estimate of drug-likeness (QED) is 0.635. The van der Waals surface area contributed by atoms with Crippen LogP contribution in [0.1, 0.15) is 25.0 Å². The zero-order valence-electron chi connectivity index (χ0n) is 15.3. The van der Waals surface area contributed by atoms with Crippen LogP contribution in [-0.4, -0.2) is 69.5 Å². The van der Waals surface area contributed by atoms with E-state index in [-0.39, 0.29) is 18.7 Å². The van der Waals surface area contributed by atoms with Crippen LogP contribution in [0.2, 0.25) is 0 Å². The van der Waals surface area contributed by atoms with Crippen LogP contribution in [0.25, 0.3) is 10.8 Å². The van der Waals surface area contributed by atoms with E-state index in [4.69, 9.17) is 14.6 Å². The Balaban J connectivity index is 0.000000659. The fraction of sp³-hybridized carbons (Fsp3) is 0.526. The highest BCUT2D eigenvalue weighted by atomic mass is 16.5. The van der Waals surface area contributed by atoms with E-state index in [2.05, 4.69) is 27.2 Å². The molecule has 2 aromatic rings. The van der Waals surface area contributed by atoms with E-state index in [0.717, 1.165) is 48.2 Å². The lowest BCUT2D eigenvalue weighted by atomic mass is 9.82. The highest BCUT2D eigenvalue weighted by molar-refractivity contribution is 5.93. The van der Waals surface area contributed by atoms with Crippen molar-refractivity contribution in [1.29, 1.82) is 0 Å². The number of carboxylic acid groups (broad SMARTS) is 1. The summed E-state index contributed by atoms with van der Waals surface area (Å²) in [6.07, 6.45) is 0.690. The molecule has 0 unspecified atom stereocenters. The summed E-state index contributed by atoms with van der Waals surface area (Å²) in [5, 5.41) is 37.5. The predicted molar refractivity (Wildman–Crippen MR) is 99.7 cm³/mol.